The van der Waals surface area contributed by atoms with Crippen LogP contribution in [0.25, 0.3) is 0 Å². The molecule has 4 nitrogen and oxygen atoms in total. The highest BCUT2D eigenvalue weighted by molar-refractivity contribution is 7.87. The van der Waals surface area contributed by atoms with Gasteiger partial charge in [0.2, 0.25) is 0 Å². The molecule has 0 bridgehead atoms. The van der Waals surface area contributed by atoms with Crippen LogP contribution in [0, 0.1) is 5.41 Å². The Morgan fingerprint density at radius 2 is 1.73 bits per heavy atom. The van der Waals surface area contributed by atoms with Crippen LogP contribution in [0.3, 0.4) is 0 Å². The van der Waals surface area contributed by atoms with Crippen LogP contribution in [0.2, 0.25) is 0 Å². The summed E-state index contributed by atoms with van der Waals surface area (Å²) in [6.45, 7) is 8.79. The van der Waals surface area contributed by atoms with E-state index in [0.717, 1.165) is 0 Å². The molecular formula is C9H21ClN2O2S. The molecule has 1 N–H and O–H groups in total. The van der Waals surface area contributed by atoms with Crippen molar-refractivity contribution in [2.45, 2.75) is 27.7 Å². The van der Waals surface area contributed by atoms with Crippen molar-refractivity contribution in [1.29, 1.82) is 0 Å². The van der Waals surface area contributed by atoms with E-state index in [1.165, 1.54) is 4.31 Å². The summed E-state index contributed by atoms with van der Waals surface area (Å²) in [5.74, 6) is 0.424. The molecular weight excluding hydrogens is 236 g/mol. The fraction of sp³-hybridized carbons (Fsp3) is 1.00. The zero-order chi connectivity index (χ0) is 12.1. The first-order chi connectivity index (χ1) is 6.79. The Labute approximate surface area is 98.2 Å². The first kappa shape index (κ1) is 15.2. The van der Waals surface area contributed by atoms with Crippen LogP contribution in [-0.4, -0.2) is 38.2 Å². The van der Waals surface area contributed by atoms with Crippen molar-refractivity contribution < 1.29 is 8.42 Å². The molecule has 0 aromatic rings. The number of hydrogen-bond acceptors (Lipinski definition) is 2. The highest BCUT2D eigenvalue weighted by Crippen LogP contribution is 2.15. The van der Waals surface area contributed by atoms with Gasteiger partial charge in [-0.3, -0.25) is 0 Å². The van der Waals surface area contributed by atoms with Gasteiger partial charge in [-0.2, -0.15) is 12.7 Å². The third kappa shape index (κ3) is 5.15. The molecule has 0 unspecified atom stereocenters. The first-order valence-electron chi connectivity index (χ1n) is 5.09. The molecule has 0 saturated carbocycles. The molecule has 0 spiro atoms. The molecule has 0 aliphatic heterocycles. The Bertz CT molecular complexity index is 274. The summed E-state index contributed by atoms with van der Waals surface area (Å²) >= 11 is 5.72. The molecule has 0 saturated heterocycles. The smallest absolute Gasteiger partial charge is 0.202 e. The number of nitrogens with zero attached hydrogens (tertiary/aromatic N) is 1. The van der Waals surface area contributed by atoms with Gasteiger partial charge in [-0.15, -0.1) is 11.6 Å². The number of alkyl halides is 1. The maximum Gasteiger partial charge on any atom is 0.279 e. The van der Waals surface area contributed by atoms with Gasteiger partial charge in [0.25, 0.3) is 10.2 Å². The standard InChI is InChI=1S/C9H21ClN2O2S/c1-5-12(6-2)15(13,14)11-8-9(3,4)7-10/h11H,5-8H2,1-4H3. The van der Waals surface area contributed by atoms with Crippen molar-refractivity contribution in [3.8, 4) is 0 Å². The SMILES string of the molecule is CCN(CC)S(=O)(=O)NCC(C)(C)CCl. The highest BCUT2D eigenvalue weighted by Gasteiger charge is 2.23. The van der Waals surface area contributed by atoms with Crippen molar-refractivity contribution in [3.63, 3.8) is 0 Å². The van der Waals surface area contributed by atoms with Gasteiger partial charge in [0.15, 0.2) is 0 Å². The minimum atomic E-state index is -3.34. The van der Waals surface area contributed by atoms with E-state index in [1.54, 1.807) is 0 Å². The monoisotopic (exact) mass is 256 g/mol. The number of halogens is 1. The fourth-order valence-electron chi connectivity index (χ4n) is 0.989. The Hall–Kier alpha value is 0.160. The second-order valence-corrected chi connectivity index (χ2v) is 6.23. The van der Waals surface area contributed by atoms with Crippen LogP contribution in [0.1, 0.15) is 27.7 Å². The summed E-state index contributed by atoms with van der Waals surface area (Å²) in [6, 6.07) is 0. The third-order valence-electron chi connectivity index (χ3n) is 2.14. The molecule has 0 heterocycles. The van der Waals surface area contributed by atoms with E-state index in [9.17, 15) is 8.42 Å². The van der Waals surface area contributed by atoms with Crippen LogP contribution in [0.15, 0.2) is 0 Å². The first-order valence-corrected chi connectivity index (χ1v) is 7.07. The summed E-state index contributed by atoms with van der Waals surface area (Å²) in [5, 5.41) is 0. The van der Waals surface area contributed by atoms with Gasteiger partial charge in [0.05, 0.1) is 0 Å². The average Bonchev–Trinajstić information content (AvgIpc) is 2.17. The lowest BCUT2D eigenvalue weighted by Crippen LogP contribution is -2.44. The molecule has 0 fully saturated rings. The topological polar surface area (TPSA) is 49.4 Å². The summed E-state index contributed by atoms with van der Waals surface area (Å²) < 4.78 is 27.4. The van der Waals surface area contributed by atoms with Crippen molar-refractivity contribution >= 4 is 21.8 Å². The van der Waals surface area contributed by atoms with Gasteiger partial charge < -0.3 is 0 Å². The van der Waals surface area contributed by atoms with Gasteiger partial charge in [-0.1, -0.05) is 27.7 Å². The van der Waals surface area contributed by atoms with Gasteiger partial charge >= 0.3 is 0 Å². The largest absolute Gasteiger partial charge is 0.279 e. The Kier molecular flexibility index (Phi) is 6.10. The lowest BCUT2D eigenvalue weighted by molar-refractivity contribution is 0.390. The third-order valence-corrected chi connectivity index (χ3v) is 4.57. The summed E-state index contributed by atoms with van der Waals surface area (Å²) in [4.78, 5) is 0. The molecule has 0 aliphatic carbocycles. The lowest BCUT2D eigenvalue weighted by atomic mass is 9.97. The molecule has 15 heavy (non-hydrogen) atoms. The molecule has 0 amide bonds. The predicted octanol–water partition coefficient (Wildman–Crippen LogP) is 1.43. The molecule has 92 valence electrons. The van der Waals surface area contributed by atoms with E-state index < -0.39 is 10.2 Å². The van der Waals surface area contributed by atoms with Crippen molar-refractivity contribution in [1.82, 2.24) is 9.03 Å². The molecule has 6 heteroatoms. The molecule has 0 radical (unpaired) electrons. The van der Waals surface area contributed by atoms with Gasteiger partial charge in [0.1, 0.15) is 0 Å². The summed E-state index contributed by atoms with van der Waals surface area (Å²) in [6.07, 6.45) is 0. The normalized spacial score (nSPS) is 13.5. The lowest BCUT2D eigenvalue weighted by Gasteiger charge is -2.25. The number of rotatable bonds is 7. The quantitative estimate of drug-likeness (QED) is 0.701. The van der Waals surface area contributed by atoms with Crippen LogP contribution >= 0.6 is 11.6 Å². The summed E-state index contributed by atoms with van der Waals surface area (Å²) in [5.41, 5.74) is -0.220. The Morgan fingerprint density at radius 3 is 2.07 bits per heavy atom. The van der Waals surface area contributed by atoms with Crippen molar-refractivity contribution in [2.24, 2.45) is 5.41 Å². The number of hydrogen-bond donors (Lipinski definition) is 1. The molecule has 0 aromatic heterocycles. The maximum atomic E-state index is 11.7. The van der Waals surface area contributed by atoms with Crippen LogP contribution in [0.4, 0.5) is 0 Å². The maximum absolute atomic E-state index is 11.7. The van der Waals surface area contributed by atoms with Gasteiger partial charge in [0, 0.05) is 25.5 Å². The predicted molar refractivity (Wildman–Crippen MR) is 64.3 cm³/mol. The Balaban J connectivity index is 4.40. The van der Waals surface area contributed by atoms with Crippen LogP contribution < -0.4 is 4.72 Å². The van der Waals surface area contributed by atoms with Crippen LogP contribution in [-0.2, 0) is 10.2 Å². The van der Waals surface area contributed by atoms with E-state index in [-0.39, 0.29) is 5.41 Å². The number of nitrogens with one attached hydrogen (secondary N) is 1. The van der Waals surface area contributed by atoms with E-state index in [4.69, 9.17) is 11.6 Å². The highest BCUT2D eigenvalue weighted by atomic mass is 35.5. The molecule has 0 aliphatic rings. The van der Waals surface area contributed by atoms with Crippen LogP contribution in [0.5, 0.6) is 0 Å². The minimum absolute atomic E-state index is 0.220. The molecule has 0 atom stereocenters. The average molecular weight is 257 g/mol. The van der Waals surface area contributed by atoms with E-state index in [2.05, 4.69) is 4.72 Å². The summed E-state index contributed by atoms with van der Waals surface area (Å²) in [7, 11) is -3.34. The molecule has 0 aromatic carbocycles. The van der Waals surface area contributed by atoms with Gasteiger partial charge in [-0.05, 0) is 5.41 Å². The van der Waals surface area contributed by atoms with Crippen molar-refractivity contribution in [2.75, 3.05) is 25.5 Å². The zero-order valence-electron chi connectivity index (χ0n) is 9.88. The fourth-order valence-corrected chi connectivity index (χ4v) is 2.52. The molecule has 0 rings (SSSR count). The Morgan fingerprint density at radius 1 is 1.27 bits per heavy atom. The van der Waals surface area contributed by atoms with E-state index >= 15 is 0 Å². The van der Waals surface area contributed by atoms with E-state index in [0.29, 0.717) is 25.5 Å². The van der Waals surface area contributed by atoms with Gasteiger partial charge in [-0.25, -0.2) is 4.72 Å². The zero-order valence-corrected chi connectivity index (χ0v) is 11.5. The van der Waals surface area contributed by atoms with Crippen molar-refractivity contribution in [3.05, 3.63) is 0 Å². The minimum Gasteiger partial charge on any atom is -0.202 e. The van der Waals surface area contributed by atoms with E-state index in [1.807, 2.05) is 27.7 Å². The second-order valence-electron chi connectivity index (χ2n) is 4.21. The second kappa shape index (κ2) is 6.03.